The first-order valence-corrected chi connectivity index (χ1v) is 10.4. The second-order valence-corrected chi connectivity index (χ2v) is 8.04. The molecule has 1 saturated carbocycles. The highest BCUT2D eigenvalue weighted by atomic mass is 16.5. The highest BCUT2D eigenvalue weighted by Crippen LogP contribution is 2.18. The molecule has 2 atom stereocenters. The van der Waals surface area contributed by atoms with Crippen LogP contribution in [0.5, 0.6) is 0 Å². The maximum absolute atomic E-state index is 12.0. The third-order valence-electron chi connectivity index (χ3n) is 5.73. The summed E-state index contributed by atoms with van der Waals surface area (Å²) in [6.07, 6.45) is 2.28. The van der Waals surface area contributed by atoms with Crippen LogP contribution in [0.25, 0.3) is 0 Å². The van der Waals surface area contributed by atoms with Crippen molar-refractivity contribution in [3.05, 3.63) is 0 Å². The van der Waals surface area contributed by atoms with Crippen LogP contribution in [0.2, 0.25) is 0 Å². The van der Waals surface area contributed by atoms with Crippen LogP contribution in [0.3, 0.4) is 0 Å². The smallest absolute Gasteiger partial charge is 0.234 e. The van der Waals surface area contributed by atoms with E-state index in [0.717, 1.165) is 71.3 Å². The zero-order valence-electron chi connectivity index (χ0n) is 17.1. The molecule has 2 heterocycles. The molecule has 0 aromatic rings. The number of guanidine groups is 1. The van der Waals surface area contributed by atoms with Crippen molar-refractivity contribution in [2.45, 2.75) is 44.8 Å². The van der Waals surface area contributed by atoms with Crippen molar-refractivity contribution in [1.29, 1.82) is 0 Å². The average Bonchev–Trinajstić information content (AvgIpc) is 3.47. The lowest BCUT2D eigenvalue weighted by molar-refractivity contribution is -0.122. The standard InChI is InChI=1S/C19H36N6O2/c1-15(25-10-11-27-14-16(25)2)12-21-19(20-3)24-8-6-23(7-9-24)13-18(26)22-17-4-5-17/h15-17H,4-14H2,1-3H3,(H,20,21)(H,22,26). The summed E-state index contributed by atoms with van der Waals surface area (Å²) in [5, 5.41) is 6.61. The molecule has 0 radical (unpaired) electrons. The van der Waals surface area contributed by atoms with E-state index in [9.17, 15) is 4.79 Å². The molecule has 3 fully saturated rings. The van der Waals surface area contributed by atoms with Crippen LogP contribution < -0.4 is 10.6 Å². The van der Waals surface area contributed by atoms with Crippen molar-refractivity contribution in [3.8, 4) is 0 Å². The van der Waals surface area contributed by atoms with E-state index in [1.165, 1.54) is 0 Å². The van der Waals surface area contributed by atoms with Gasteiger partial charge in [-0.05, 0) is 26.7 Å². The van der Waals surface area contributed by atoms with Gasteiger partial charge in [-0.3, -0.25) is 19.6 Å². The predicted molar refractivity (Wildman–Crippen MR) is 107 cm³/mol. The van der Waals surface area contributed by atoms with Gasteiger partial charge in [-0.1, -0.05) is 0 Å². The molecule has 0 bridgehead atoms. The quantitative estimate of drug-likeness (QED) is 0.481. The van der Waals surface area contributed by atoms with Crippen molar-refractivity contribution in [1.82, 2.24) is 25.3 Å². The number of morpholine rings is 1. The van der Waals surface area contributed by atoms with Crippen molar-refractivity contribution in [2.75, 3.05) is 66.1 Å². The summed E-state index contributed by atoms with van der Waals surface area (Å²) >= 11 is 0. The van der Waals surface area contributed by atoms with Crippen LogP contribution in [-0.2, 0) is 9.53 Å². The molecule has 0 spiro atoms. The minimum atomic E-state index is 0.168. The molecule has 154 valence electrons. The second-order valence-electron chi connectivity index (χ2n) is 8.04. The maximum atomic E-state index is 12.0. The molecule has 1 aliphatic carbocycles. The van der Waals surface area contributed by atoms with Gasteiger partial charge >= 0.3 is 0 Å². The Hall–Kier alpha value is -1.38. The molecule has 8 nitrogen and oxygen atoms in total. The van der Waals surface area contributed by atoms with E-state index in [2.05, 4.69) is 44.2 Å². The molecule has 8 heteroatoms. The fourth-order valence-electron chi connectivity index (χ4n) is 3.91. The zero-order chi connectivity index (χ0) is 19.2. The molecular formula is C19H36N6O2. The third kappa shape index (κ3) is 6.05. The van der Waals surface area contributed by atoms with Gasteiger partial charge in [-0.2, -0.15) is 0 Å². The molecule has 0 aromatic heterocycles. The Morgan fingerprint density at radius 2 is 1.96 bits per heavy atom. The fraction of sp³-hybridized carbons (Fsp3) is 0.895. The highest BCUT2D eigenvalue weighted by Gasteiger charge is 2.27. The first-order chi connectivity index (χ1) is 13.1. The zero-order valence-corrected chi connectivity index (χ0v) is 17.1. The SMILES string of the molecule is CN=C(NCC(C)N1CCOCC1C)N1CCN(CC(=O)NC2CC2)CC1. The Kier molecular flexibility index (Phi) is 7.32. The van der Waals surface area contributed by atoms with Crippen molar-refractivity contribution in [2.24, 2.45) is 4.99 Å². The average molecular weight is 381 g/mol. The number of nitrogens with zero attached hydrogens (tertiary/aromatic N) is 4. The number of aliphatic imine (C=N–C) groups is 1. The molecule has 1 amide bonds. The summed E-state index contributed by atoms with van der Waals surface area (Å²) in [7, 11) is 1.85. The lowest BCUT2D eigenvalue weighted by atomic mass is 10.2. The van der Waals surface area contributed by atoms with E-state index in [0.29, 0.717) is 24.7 Å². The van der Waals surface area contributed by atoms with Gasteiger partial charge in [0, 0.05) is 64.4 Å². The molecule has 2 unspecified atom stereocenters. The number of carbonyl (C=O) groups excluding carboxylic acids is 1. The fourth-order valence-corrected chi connectivity index (χ4v) is 3.91. The first-order valence-electron chi connectivity index (χ1n) is 10.4. The summed E-state index contributed by atoms with van der Waals surface area (Å²) in [5.41, 5.74) is 0. The minimum absolute atomic E-state index is 0.168. The van der Waals surface area contributed by atoms with Gasteiger partial charge in [-0.15, -0.1) is 0 Å². The molecule has 2 aliphatic heterocycles. The number of hydrogen-bond acceptors (Lipinski definition) is 5. The van der Waals surface area contributed by atoms with E-state index in [-0.39, 0.29) is 5.91 Å². The summed E-state index contributed by atoms with van der Waals surface area (Å²) in [6, 6.07) is 1.34. The predicted octanol–water partition coefficient (Wildman–Crippen LogP) is -0.433. The molecule has 27 heavy (non-hydrogen) atoms. The number of nitrogens with one attached hydrogen (secondary N) is 2. The van der Waals surface area contributed by atoms with Gasteiger partial charge < -0.3 is 20.3 Å². The van der Waals surface area contributed by atoms with Crippen molar-refractivity contribution < 1.29 is 9.53 Å². The van der Waals surface area contributed by atoms with E-state index in [1.807, 2.05) is 7.05 Å². The summed E-state index contributed by atoms with van der Waals surface area (Å²) in [6.45, 7) is 12.1. The van der Waals surface area contributed by atoms with E-state index >= 15 is 0 Å². The Morgan fingerprint density at radius 1 is 1.22 bits per heavy atom. The van der Waals surface area contributed by atoms with Crippen LogP contribution in [0.15, 0.2) is 4.99 Å². The first kappa shape index (κ1) is 20.4. The topological polar surface area (TPSA) is 72.4 Å². The van der Waals surface area contributed by atoms with Crippen LogP contribution in [-0.4, -0.2) is 111 Å². The number of carbonyl (C=O) groups is 1. The number of ether oxygens (including phenoxy) is 1. The van der Waals surface area contributed by atoms with Crippen molar-refractivity contribution in [3.63, 3.8) is 0 Å². The van der Waals surface area contributed by atoms with Gasteiger partial charge in [0.1, 0.15) is 0 Å². The Bertz CT molecular complexity index is 516. The lowest BCUT2D eigenvalue weighted by Crippen LogP contribution is -2.56. The number of amides is 1. The van der Waals surface area contributed by atoms with Crippen LogP contribution >= 0.6 is 0 Å². The number of piperazine rings is 1. The van der Waals surface area contributed by atoms with Gasteiger partial charge in [0.05, 0.1) is 19.8 Å². The van der Waals surface area contributed by atoms with Crippen molar-refractivity contribution >= 4 is 11.9 Å². The van der Waals surface area contributed by atoms with E-state index in [4.69, 9.17) is 4.74 Å². The minimum Gasteiger partial charge on any atom is -0.379 e. The van der Waals surface area contributed by atoms with E-state index < -0.39 is 0 Å². The summed E-state index contributed by atoms with van der Waals surface area (Å²) in [4.78, 5) is 23.5. The molecule has 3 aliphatic rings. The molecular weight excluding hydrogens is 344 g/mol. The molecule has 2 saturated heterocycles. The monoisotopic (exact) mass is 380 g/mol. The Morgan fingerprint density at radius 3 is 2.59 bits per heavy atom. The highest BCUT2D eigenvalue weighted by molar-refractivity contribution is 5.80. The lowest BCUT2D eigenvalue weighted by Gasteiger charge is -2.39. The van der Waals surface area contributed by atoms with Gasteiger partial charge in [0.15, 0.2) is 5.96 Å². The number of hydrogen-bond donors (Lipinski definition) is 2. The molecule has 2 N–H and O–H groups in total. The number of rotatable bonds is 6. The van der Waals surface area contributed by atoms with Gasteiger partial charge in [0.2, 0.25) is 5.91 Å². The third-order valence-corrected chi connectivity index (χ3v) is 5.73. The van der Waals surface area contributed by atoms with Gasteiger partial charge in [-0.25, -0.2) is 0 Å². The largest absolute Gasteiger partial charge is 0.379 e. The Balaban J connectivity index is 1.38. The summed E-state index contributed by atoms with van der Waals surface area (Å²) < 4.78 is 5.54. The summed E-state index contributed by atoms with van der Waals surface area (Å²) in [5.74, 6) is 1.13. The maximum Gasteiger partial charge on any atom is 0.234 e. The van der Waals surface area contributed by atoms with E-state index in [1.54, 1.807) is 0 Å². The van der Waals surface area contributed by atoms with Crippen LogP contribution in [0.1, 0.15) is 26.7 Å². The van der Waals surface area contributed by atoms with Crippen LogP contribution in [0.4, 0.5) is 0 Å². The molecule has 3 rings (SSSR count). The van der Waals surface area contributed by atoms with Gasteiger partial charge in [0.25, 0.3) is 0 Å². The normalized spacial score (nSPS) is 26.7. The van der Waals surface area contributed by atoms with Crippen LogP contribution in [0, 0.1) is 0 Å². The Labute approximate surface area is 163 Å². The molecule has 0 aromatic carbocycles. The second kappa shape index (κ2) is 9.71.